The highest BCUT2D eigenvalue weighted by molar-refractivity contribution is 7.14. The summed E-state index contributed by atoms with van der Waals surface area (Å²) in [5, 5.41) is 2.94. The van der Waals surface area contributed by atoms with Crippen LogP contribution in [0.4, 0.5) is 0 Å². The van der Waals surface area contributed by atoms with E-state index in [0.717, 1.165) is 37.1 Å². The van der Waals surface area contributed by atoms with Crippen molar-refractivity contribution >= 4 is 17.2 Å². The third-order valence-electron chi connectivity index (χ3n) is 2.89. The lowest BCUT2D eigenvalue weighted by Crippen LogP contribution is -2.24. The minimum absolute atomic E-state index is 0.0800. The van der Waals surface area contributed by atoms with Crippen molar-refractivity contribution in [1.29, 1.82) is 0 Å². The van der Waals surface area contributed by atoms with E-state index >= 15 is 0 Å². The number of hydrogen-bond acceptors (Lipinski definition) is 3. The molecule has 0 atom stereocenters. The van der Waals surface area contributed by atoms with Crippen molar-refractivity contribution in [2.75, 3.05) is 13.1 Å². The highest BCUT2D eigenvalue weighted by atomic mass is 32.1. The smallest absolute Gasteiger partial charge is 0.261 e. The monoisotopic (exact) mass is 238 g/mol. The standard InChI is InChI=1S/C12H18N2OS/c13-6-1-2-7-14-12(15)11-8-9-4-3-5-10(9)16-11/h8H,1-7,13H2,(H,14,15). The Morgan fingerprint density at radius 1 is 1.44 bits per heavy atom. The summed E-state index contributed by atoms with van der Waals surface area (Å²) in [6, 6.07) is 2.06. The number of rotatable bonds is 5. The van der Waals surface area contributed by atoms with E-state index in [2.05, 4.69) is 11.4 Å². The van der Waals surface area contributed by atoms with E-state index in [1.807, 2.05) is 0 Å². The van der Waals surface area contributed by atoms with Gasteiger partial charge in [-0.05, 0) is 50.3 Å². The fraction of sp³-hybridized carbons (Fsp3) is 0.583. The Morgan fingerprint density at radius 3 is 3.06 bits per heavy atom. The van der Waals surface area contributed by atoms with Gasteiger partial charge in [0.15, 0.2) is 0 Å². The van der Waals surface area contributed by atoms with Crippen LogP contribution in [0.15, 0.2) is 6.07 Å². The van der Waals surface area contributed by atoms with Crippen LogP contribution in [0.2, 0.25) is 0 Å². The van der Waals surface area contributed by atoms with Gasteiger partial charge in [-0.3, -0.25) is 4.79 Å². The minimum atomic E-state index is 0.0800. The fourth-order valence-corrected chi connectivity index (χ4v) is 3.17. The van der Waals surface area contributed by atoms with Gasteiger partial charge in [-0.15, -0.1) is 11.3 Å². The van der Waals surface area contributed by atoms with Crippen LogP contribution in [0.3, 0.4) is 0 Å². The summed E-state index contributed by atoms with van der Waals surface area (Å²) in [6.45, 7) is 1.43. The number of amides is 1. The molecule has 1 aromatic heterocycles. The summed E-state index contributed by atoms with van der Waals surface area (Å²) in [4.78, 5) is 14.1. The number of nitrogens with one attached hydrogen (secondary N) is 1. The summed E-state index contributed by atoms with van der Waals surface area (Å²) in [5.74, 6) is 0.0800. The molecule has 3 nitrogen and oxygen atoms in total. The van der Waals surface area contributed by atoms with Crippen LogP contribution in [0.25, 0.3) is 0 Å². The van der Waals surface area contributed by atoms with Crippen LogP contribution in [-0.4, -0.2) is 19.0 Å². The van der Waals surface area contributed by atoms with Crippen LogP contribution in [0.5, 0.6) is 0 Å². The lowest BCUT2D eigenvalue weighted by molar-refractivity contribution is 0.0957. The molecule has 88 valence electrons. The zero-order valence-electron chi connectivity index (χ0n) is 9.42. The molecule has 0 radical (unpaired) electrons. The van der Waals surface area contributed by atoms with Crippen LogP contribution < -0.4 is 11.1 Å². The number of aryl methyl sites for hydroxylation is 2. The van der Waals surface area contributed by atoms with Gasteiger partial charge in [0.05, 0.1) is 4.88 Å². The Hall–Kier alpha value is -0.870. The quantitative estimate of drug-likeness (QED) is 0.767. The van der Waals surface area contributed by atoms with E-state index in [4.69, 9.17) is 5.73 Å². The summed E-state index contributed by atoms with van der Waals surface area (Å²) in [6.07, 6.45) is 5.49. The maximum Gasteiger partial charge on any atom is 0.261 e. The van der Waals surface area contributed by atoms with Crippen LogP contribution in [-0.2, 0) is 12.8 Å². The van der Waals surface area contributed by atoms with Crippen molar-refractivity contribution in [3.63, 3.8) is 0 Å². The molecule has 3 N–H and O–H groups in total. The lowest BCUT2D eigenvalue weighted by Gasteiger charge is -2.02. The van der Waals surface area contributed by atoms with Gasteiger partial charge in [-0.25, -0.2) is 0 Å². The van der Waals surface area contributed by atoms with Gasteiger partial charge in [0.2, 0.25) is 0 Å². The zero-order chi connectivity index (χ0) is 11.4. The van der Waals surface area contributed by atoms with Crippen molar-refractivity contribution in [1.82, 2.24) is 5.32 Å². The Kier molecular flexibility index (Phi) is 3.96. The van der Waals surface area contributed by atoms with Crippen LogP contribution in [0, 0.1) is 0 Å². The van der Waals surface area contributed by atoms with Gasteiger partial charge in [0.25, 0.3) is 5.91 Å². The molecule has 4 heteroatoms. The first-order chi connectivity index (χ1) is 7.81. The second-order valence-electron chi connectivity index (χ2n) is 4.16. The van der Waals surface area contributed by atoms with E-state index in [1.54, 1.807) is 11.3 Å². The molecule has 0 unspecified atom stereocenters. The number of fused-ring (bicyclic) bond motifs is 1. The second kappa shape index (κ2) is 5.46. The highest BCUT2D eigenvalue weighted by Gasteiger charge is 2.17. The molecule has 0 saturated carbocycles. The minimum Gasteiger partial charge on any atom is -0.351 e. The van der Waals surface area contributed by atoms with Crippen molar-refractivity contribution in [3.8, 4) is 0 Å². The van der Waals surface area contributed by atoms with Gasteiger partial charge in [-0.2, -0.15) is 0 Å². The molecule has 1 aliphatic carbocycles. The van der Waals surface area contributed by atoms with E-state index in [1.165, 1.54) is 16.9 Å². The number of carbonyl (C=O) groups is 1. The van der Waals surface area contributed by atoms with Crippen LogP contribution >= 0.6 is 11.3 Å². The Balaban J connectivity index is 1.84. The van der Waals surface area contributed by atoms with E-state index in [9.17, 15) is 4.79 Å². The molecule has 1 aromatic rings. The van der Waals surface area contributed by atoms with Crippen molar-refractivity contribution < 1.29 is 4.79 Å². The maximum atomic E-state index is 11.8. The van der Waals surface area contributed by atoms with Crippen molar-refractivity contribution in [2.24, 2.45) is 5.73 Å². The predicted octanol–water partition coefficient (Wildman–Crippen LogP) is 1.71. The van der Waals surface area contributed by atoms with Gasteiger partial charge in [-0.1, -0.05) is 0 Å². The number of hydrogen-bond donors (Lipinski definition) is 2. The molecular weight excluding hydrogens is 220 g/mol. The zero-order valence-corrected chi connectivity index (χ0v) is 10.2. The molecule has 0 saturated heterocycles. The van der Waals surface area contributed by atoms with Gasteiger partial charge in [0, 0.05) is 11.4 Å². The average Bonchev–Trinajstić information content (AvgIpc) is 2.83. The summed E-state index contributed by atoms with van der Waals surface area (Å²) >= 11 is 1.66. The molecule has 0 fully saturated rings. The Bertz CT molecular complexity index is 352. The molecule has 16 heavy (non-hydrogen) atoms. The van der Waals surface area contributed by atoms with E-state index in [0.29, 0.717) is 6.54 Å². The number of nitrogens with two attached hydrogens (primary N) is 1. The maximum absolute atomic E-state index is 11.8. The molecule has 1 amide bonds. The Labute approximate surface area is 100 Å². The van der Waals surface area contributed by atoms with Crippen molar-refractivity contribution in [3.05, 3.63) is 21.4 Å². The van der Waals surface area contributed by atoms with Gasteiger partial charge < -0.3 is 11.1 Å². The predicted molar refractivity (Wildman–Crippen MR) is 67.0 cm³/mol. The molecule has 0 spiro atoms. The molecule has 1 heterocycles. The van der Waals surface area contributed by atoms with Crippen LogP contribution in [0.1, 0.15) is 39.4 Å². The normalized spacial score (nSPS) is 13.8. The number of thiophene rings is 1. The third kappa shape index (κ3) is 2.62. The highest BCUT2D eigenvalue weighted by Crippen LogP contribution is 2.30. The lowest BCUT2D eigenvalue weighted by atomic mass is 10.2. The molecule has 0 aliphatic heterocycles. The molecule has 2 rings (SSSR count). The van der Waals surface area contributed by atoms with E-state index in [-0.39, 0.29) is 5.91 Å². The van der Waals surface area contributed by atoms with E-state index < -0.39 is 0 Å². The number of carbonyl (C=O) groups excluding carboxylic acids is 1. The molecule has 0 bridgehead atoms. The van der Waals surface area contributed by atoms with Crippen molar-refractivity contribution in [2.45, 2.75) is 32.1 Å². The molecule has 1 aliphatic rings. The summed E-state index contributed by atoms with van der Waals surface area (Å²) < 4.78 is 0. The molecular formula is C12H18N2OS. The third-order valence-corrected chi connectivity index (χ3v) is 4.12. The first kappa shape index (κ1) is 11.6. The first-order valence-corrected chi connectivity index (χ1v) is 6.73. The second-order valence-corrected chi connectivity index (χ2v) is 5.30. The summed E-state index contributed by atoms with van der Waals surface area (Å²) in [5.41, 5.74) is 6.78. The largest absolute Gasteiger partial charge is 0.351 e. The topological polar surface area (TPSA) is 55.1 Å². The Morgan fingerprint density at radius 2 is 2.31 bits per heavy atom. The fourth-order valence-electron chi connectivity index (χ4n) is 2.00. The molecule has 0 aromatic carbocycles. The van der Waals surface area contributed by atoms with Gasteiger partial charge >= 0.3 is 0 Å². The average molecular weight is 238 g/mol. The summed E-state index contributed by atoms with van der Waals surface area (Å²) in [7, 11) is 0. The first-order valence-electron chi connectivity index (χ1n) is 5.91. The number of unbranched alkanes of at least 4 members (excludes halogenated alkanes) is 1. The SMILES string of the molecule is NCCCCNC(=O)c1cc2c(s1)CCC2. The van der Waals surface area contributed by atoms with Gasteiger partial charge in [0.1, 0.15) is 0 Å².